The summed E-state index contributed by atoms with van der Waals surface area (Å²) >= 11 is 2.12. The highest BCUT2D eigenvalue weighted by Crippen LogP contribution is 2.48. The van der Waals surface area contributed by atoms with E-state index in [2.05, 4.69) is 24.1 Å². The Kier molecular flexibility index (Phi) is 4.66. The van der Waals surface area contributed by atoms with Crippen LogP contribution in [0.4, 0.5) is 0 Å². The average Bonchev–Trinajstić information content (AvgIpc) is 2.88. The van der Waals surface area contributed by atoms with Crippen LogP contribution in [0.1, 0.15) is 64.7 Å². The maximum atomic E-state index is 6.25. The number of rotatable bonds is 3. The lowest BCUT2D eigenvalue weighted by Gasteiger charge is -2.48. The second-order valence-electron chi connectivity index (χ2n) is 7.25. The smallest absolute Gasteiger partial charge is 0.0685 e. The molecule has 3 atom stereocenters. The maximum absolute atomic E-state index is 6.25. The van der Waals surface area contributed by atoms with E-state index in [0.29, 0.717) is 16.7 Å². The first-order valence-electron chi connectivity index (χ1n) is 8.42. The Morgan fingerprint density at radius 1 is 1.20 bits per heavy atom. The fraction of sp³-hybridized carbons (Fsp3) is 1.00. The van der Waals surface area contributed by atoms with Gasteiger partial charge in [-0.1, -0.05) is 19.3 Å². The highest BCUT2D eigenvalue weighted by atomic mass is 32.2. The van der Waals surface area contributed by atoms with Crippen LogP contribution in [-0.4, -0.2) is 28.7 Å². The predicted molar refractivity (Wildman–Crippen MR) is 85.7 cm³/mol. The van der Waals surface area contributed by atoms with Gasteiger partial charge in [0.1, 0.15) is 0 Å². The molecule has 3 N–H and O–H groups in total. The lowest BCUT2D eigenvalue weighted by atomic mass is 9.72. The Bertz CT molecular complexity index is 319. The number of ether oxygens (including phenoxy) is 1. The second kappa shape index (κ2) is 6.15. The van der Waals surface area contributed by atoms with E-state index in [0.717, 1.165) is 6.61 Å². The number of hydrogen-bond donors (Lipinski definition) is 2. The van der Waals surface area contributed by atoms with Gasteiger partial charge in [-0.25, -0.2) is 0 Å². The summed E-state index contributed by atoms with van der Waals surface area (Å²) in [6.07, 6.45) is 11.7. The SMILES string of the molecule is CC1(C(NN)C2CCOC3(CCCCC3)C2)CCCS1. The van der Waals surface area contributed by atoms with Crippen LogP contribution in [0.2, 0.25) is 0 Å². The molecule has 1 saturated carbocycles. The monoisotopic (exact) mass is 298 g/mol. The summed E-state index contributed by atoms with van der Waals surface area (Å²) in [7, 11) is 0. The zero-order valence-corrected chi connectivity index (χ0v) is 13.6. The Hall–Kier alpha value is 0.230. The van der Waals surface area contributed by atoms with Crippen molar-refractivity contribution in [3.05, 3.63) is 0 Å². The Morgan fingerprint density at radius 3 is 2.65 bits per heavy atom. The van der Waals surface area contributed by atoms with Gasteiger partial charge in [0, 0.05) is 17.4 Å². The molecule has 2 heterocycles. The molecule has 3 fully saturated rings. The molecule has 1 spiro atoms. The van der Waals surface area contributed by atoms with Crippen LogP contribution in [0, 0.1) is 5.92 Å². The van der Waals surface area contributed by atoms with Gasteiger partial charge in [-0.3, -0.25) is 11.3 Å². The van der Waals surface area contributed by atoms with Crippen molar-refractivity contribution in [1.82, 2.24) is 5.43 Å². The van der Waals surface area contributed by atoms with Gasteiger partial charge in [-0.05, 0) is 57.1 Å². The fourth-order valence-electron chi connectivity index (χ4n) is 4.75. The molecule has 0 amide bonds. The summed E-state index contributed by atoms with van der Waals surface area (Å²) in [5.74, 6) is 7.96. The molecule has 3 unspecified atom stereocenters. The number of nitrogens with two attached hydrogens (primary N) is 1. The summed E-state index contributed by atoms with van der Waals surface area (Å²) in [5, 5.41) is 0. The first-order valence-corrected chi connectivity index (χ1v) is 9.40. The van der Waals surface area contributed by atoms with E-state index >= 15 is 0 Å². The van der Waals surface area contributed by atoms with Crippen LogP contribution in [0.3, 0.4) is 0 Å². The molecule has 1 aliphatic carbocycles. The van der Waals surface area contributed by atoms with E-state index in [-0.39, 0.29) is 5.60 Å². The highest BCUT2D eigenvalue weighted by molar-refractivity contribution is 8.00. The number of hydrogen-bond acceptors (Lipinski definition) is 4. The van der Waals surface area contributed by atoms with Crippen LogP contribution in [0.25, 0.3) is 0 Å². The van der Waals surface area contributed by atoms with Crippen molar-refractivity contribution in [2.24, 2.45) is 11.8 Å². The highest BCUT2D eigenvalue weighted by Gasteiger charge is 2.46. The van der Waals surface area contributed by atoms with Gasteiger partial charge in [0.15, 0.2) is 0 Å². The van der Waals surface area contributed by atoms with Gasteiger partial charge in [0.25, 0.3) is 0 Å². The van der Waals surface area contributed by atoms with E-state index in [1.54, 1.807) is 0 Å². The van der Waals surface area contributed by atoms with Gasteiger partial charge in [0.05, 0.1) is 5.60 Å². The lowest BCUT2D eigenvalue weighted by Crippen LogP contribution is -2.56. The minimum absolute atomic E-state index is 0.190. The molecule has 0 bridgehead atoms. The Labute approximate surface area is 127 Å². The largest absolute Gasteiger partial charge is 0.375 e. The zero-order valence-electron chi connectivity index (χ0n) is 12.8. The van der Waals surface area contributed by atoms with Crippen molar-refractivity contribution in [2.45, 2.75) is 81.1 Å². The number of thioether (sulfide) groups is 1. The van der Waals surface area contributed by atoms with Gasteiger partial charge < -0.3 is 4.74 Å². The topological polar surface area (TPSA) is 47.3 Å². The normalized spacial score (nSPS) is 39.0. The minimum Gasteiger partial charge on any atom is -0.375 e. The molecule has 2 aliphatic heterocycles. The zero-order chi connectivity index (χ0) is 14.1. The molecule has 3 rings (SSSR count). The van der Waals surface area contributed by atoms with Crippen molar-refractivity contribution in [1.29, 1.82) is 0 Å². The first-order chi connectivity index (χ1) is 9.68. The van der Waals surface area contributed by atoms with E-state index in [9.17, 15) is 0 Å². The lowest BCUT2D eigenvalue weighted by molar-refractivity contribution is -0.123. The van der Waals surface area contributed by atoms with Gasteiger partial charge in [-0.15, -0.1) is 0 Å². The van der Waals surface area contributed by atoms with Crippen LogP contribution < -0.4 is 11.3 Å². The molecule has 0 radical (unpaired) electrons. The van der Waals surface area contributed by atoms with E-state index in [4.69, 9.17) is 10.6 Å². The molecule has 3 aliphatic rings. The van der Waals surface area contributed by atoms with Crippen molar-refractivity contribution in [3.8, 4) is 0 Å². The van der Waals surface area contributed by atoms with Crippen molar-refractivity contribution in [3.63, 3.8) is 0 Å². The first kappa shape index (κ1) is 15.1. The molecule has 2 saturated heterocycles. The third kappa shape index (κ3) is 2.90. The Balaban J connectivity index is 1.71. The van der Waals surface area contributed by atoms with Crippen LogP contribution in [-0.2, 0) is 4.74 Å². The van der Waals surface area contributed by atoms with E-state index in [1.165, 1.54) is 63.5 Å². The summed E-state index contributed by atoms with van der Waals surface area (Å²) in [6, 6.07) is 0.442. The molecule has 0 aromatic rings. The number of hydrazine groups is 1. The maximum Gasteiger partial charge on any atom is 0.0685 e. The Morgan fingerprint density at radius 2 is 2.00 bits per heavy atom. The predicted octanol–water partition coefficient (Wildman–Crippen LogP) is 3.23. The van der Waals surface area contributed by atoms with Gasteiger partial charge in [0.2, 0.25) is 0 Å². The number of nitrogens with one attached hydrogen (secondary N) is 1. The molecule has 0 aromatic carbocycles. The molecular formula is C16H30N2OS. The van der Waals surface area contributed by atoms with Gasteiger partial charge >= 0.3 is 0 Å². The summed E-state index contributed by atoms with van der Waals surface area (Å²) in [6.45, 7) is 3.35. The van der Waals surface area contributed by atoms with Crippen LogP contribution in [0.15, 0.2) is 0 Å². The van der Waals surface area contributed by atoms with Crippen molar-refractivity contribution >= 4 is 11.8 Å². The van der Waals surface area contributed by atoms with Crippen LogP contribution in [0.5, 0.6) is 0 Å². The third-order valence-electron chi connectivity index (χ3n) is 5.85. The summed E-state index contributed by atoms with van der Waals surface area (Å²) in [4.78, 5) is 0. The van der Waals surface area contributed by atoms with E-state index < -0.39 is 0 Å². The van der Waals surface area contributed by atoms with Gasteiger partial charge in [-0.2, -0.15) is 11.8 Å². The standard InChI is InChI=1S/C16H30N2OS/c1-15(7-5-11-20-15)14(18-17)13-6-10-19-16(12-13)8-3-2-4-9-16/h13-14,18H,2-12,17H2,1H3. The molecule has 3 nitrogen and oxygen atoms in total. The third-order valence-corrected chi connectivity index (χ3v) is 7.46. The molecular weight excluding hydrogens is 268 g/mol. The van der Waals surface area contributed by atoms with E-state index in [1.807, 2.05) is 0 Å². The van der Waals surface area contributed by atoms with Crippen LogP contribution >= 0.6 is 11.8 Å². The molecule has 4 heteroatoms. The fourth-order valence-corrected chi connectivity index (χ4v) is 6.24. The summed E-state index contributed by atoms with van der Waals surface area (Å²) < 4.78 is 6.58. The second-order valence-corrected chi connectivity index (χ2v) is 8.88. The minimum atomic E-state index is 0.190. The van der Waals surface area contributed by atoms with Crippen molar-refractivity contribution < 1.29 is 4.74 Å². The summed E-state index contributed by atoms with van der Waals surface area (Å²) in [5.41, 5.74) is 3.39. The average molecular weight is 298 g/mol. The quantitative estimate of drug-likeness (QED) is 0.620. The molecule has 0 aromatic heterocycles. The molecule has 20 heavy (non-hydrogen) atoms. The van der Waals surface area contributed by atoms with Crippen molar-refractivity contribution in [2.75, 3.05) is 12.4 Å². The molecule has 116 valence electrons.